The number of nitrogens with one attached hydrogen (secondary N) is 2. The largest absolute Gasteiger partial charge is 0.456 e. The fourth-order valence-electron chi connectivity index (χ4n) is 3.52. The van der Waals surface area contributed by atoms with E-state index in [0.29, 0.717) is 29.2 Å². The average molecular weight is 439 g/mol. The number of carbonyl (C=O) groups is 3. The summed E-state index contributed by atoms with van der Waals surface area (Å²) in [6.07, 6.45) is 3.30. The number of para-hydroxylation sites is 1. The lowest BCUT2D eigenvalue weighted by atomic mass is 9.99. The lowest BCUT2D eigenvalue weighted by Gasteiger charge is -2.20. The van der Waals surface area contributed by atoms with Gasteiger partial charge in [0, 0.05) is 6.54 Å². The molecule has 2 aromatic carbocycles. The number of alkyl carbamates (subject to hydrolysis) is 1. The molecular formula is C25H30N2O5. The number of amides is 3. The number of benzene rings is 2. The molecule has 0 radical (unpaired) electrons. The molecule has 0 atom stereocenters. The van der Waals surface area contributed by atoms with E-state index < -0.39 is 17.6 Å². The van der Waals surface area contributed by atoms with Crippen LogP contribution in [0, 0.1) is 0 Å². The quantitative estimate of drug-likeness (QED) is 0.467. The molecule has 7 nitrogen and oxygen atoms in total. The minimum absolute atomic E-state index is 0.164. The first-order chi connectivity index (χ1) is 15.2. The average Bonchev–Trinajstić information content (AvgIpc) is 2.70. The van der Waals surface area contributed by atoms with Crippen molar-refractivity contribution >= 4 is 17.9 Å². The summed E-state index contributed by atoms with van der Waals surface area (Å²) in [6, 6.07) is 13.0. The molecule has 0 saturated carbocycles. The molecule has 0 unspecified atom stereocenters. The van der Waals surface area contributed by atoms with Gasteiger partial charge < -0.3 is 14.8 Å². The van der Waals surface area contributed by atoms with Crippen LogP contribution in [0.5, 0.6) is 11.5 Å². The Morgan fingerprint density at radius 1 is 1.00 bits per heavy atom. The molecule has 0 saturated heterocycles. The van der Waals surface area contributed by atoms with Crippen LogP contribution in [0.2, 0.25) is 0 Å². The van der Waals surface area contributed by atoms with Crippen LogP contribution in [-0.2, 0) is 22.4 Å². The van der Waals surface area contributed by atoms with E-state index in [0.717, 1.165) is 31.2 Å². The van der Waals surface area contributed by atoms with Gasteiger partial charge in [0.25, 0.3) is 5.91 Å². The standard InChI is InChI=1S/C25H30N2O5/c1-25(2,3)32-24(30)26-15-8-4-5-10-17-11-6-7-13-19(17)31-20-14-9-12-18-16-21(28)27-23(29)22(18)20/h6-7,9,11-14H,4-5,8,10,15-16H2,1-3H3,(H,26,30)(H,27,28,29). The summed E-state index contributed by atoms with van der Waals surface area (Å²) in [4.78, 5) is 35.7. The van der Waals surface area contributed by atoms with Crippen LogP contribution in [0.4, 0.5) is 4.79 Å². The van der Waals surface area contributed by atoms with Crippen molar-refractivity contribution in [2.75, 3.05) is 6.54 Å². The molecule has 7 heteroatoms. The molecule has 2 N–H and O–H groups in total. The number of hydrogen-bond acceptors (Lipinski definition) is 5. The van der Waals surface area contributed by atoms with Crippen molar-refractivity contribution in [1.29, 1.82) is 0 Å². The Morgan fingerprint density at radius 3 is 2.53 bits per heavy atom. The SMILES string of the molecule is CC(C)(C)OC(=O)NCCCCCc1ccccc1Oc1cccc2c1C(=O)NC(=O)C2. The fraction of sp³-hybridized carbons (Fsp3) is 0.400. The third-order valence-corrected chi connectivity index (χ3v) is 4.93. The van der Waals surface area contributed by atoms with Gasteiger partial charge in [-0.3, -0.25) is 14.9 Å². The van der Waals surface area contributed by atoms with Crippen LogP contribution < -0.4 is 15.4 Å². The topological polar surface area (TPSA) is 93.7 Å². The number of rotatable bonds is 8. The summed E-state index contributed by atoms with van der Waals surface area (Å²) >= 11 is 0. The van der Waals surface area contributed by atoms with Gasteiger partial charge in [-0.05, 0) is 63.3 Å². The zero-order valence-corrected chi connectivity index (χ0v) is 18.8. The Labute approximate surface area is 188 Å². The van der Waals surface area contributed by atoms with Crippen molar-refractivity contribution in [3.8, 4) is 11.5 Å². The van der Waals surface area contributed by atoms with Crippen LogP contribution in [-0.4, -0.2) is 30.1 Å². The van der Waals surface area contributed by atoms with Gasteiger partial charge in [-0.25, -0.2) is 4.79 Å². The molecule has 1 aliphatic heterocycles. The molecule has 0 spiro atoms. The zero-order valence-electron chi connectivity index (χ0n) is 18.8. The molecule has 0 fully saturated rings. The fourth-order valence-corrected chi connectivity index (χ4v) is 3.52. The second-order valence-electron chi connectivity index (χ2n) is 8.79. The van der Waals surface area contributed by atoms with Crippen LogP contribution in [0.25, 0.3) is 0 Å². The molecule has 32 heavy (non-hydrogen) atoms. The maximum Gasteiger partial charge on any atom is 0.407 e. The summed E-state index contributed by atoms with van der Waals surface area (Å²) in [7, 11) is 0. The summed E-state index contributed by atoms with van der Waals surface area (Å²) in [5, 5.41) is 5.12. The Balaban J connectivity index is 1.54. The number of carbonyl (C=O) groups excluding carboxylic acids is 3. The van der Waals surface area contributed by atoms with Gasteiger partial charge in [0.15, 0.2) is 0 Å². The highest BCUT2D eigenvalue weighted by Gasteiger charge is 2.26. The molecule has 1 heterocycles. The Kier molecular flexibility index (Phi) is 7.51. The van der Waals surface area contributed by atoms with Gasteiger partial charge in [0.1, 0.15) is 17.1 Å². The third kappa shape index (κ3) is 6.57. The van der Waals surface area contributed by atoms with E-state index in [2.05, 4.69) is 10.6 Å². The van der Waals surface area contributed by atoms with E-state index in [1.54, 1.807) is 18.2 Å². The van der Waals surface area contributed by atoms with Gasteiger partial charge in [-0.15, -0.1) is 0 Å². The van der Waals surface area contributed by atoms with Gasteiger partial charge in [0.05, 0.1) is 12.0 Å². The van der Waals surface area contributed by atoms with E-state index >= 15 is 0 Å². The van der Waals surface area contributed by atoms with Crippen LogP contribution in [0.1, 0.15) is 61.5 Å². The van der Waals surface area contributed by atoms with E-state index in [-0.39, 0.29) is 12.3 Å². The highest BCUT2D eigenvalue weighted by Crippen LogP contribution is 2.32. The monoisotopic (exact) mass is 438 g/mol. The molecule has 0 aliphatic carbocycles. The molecule has 3 amide bonds. The van der Waals surface area contributed by atoms with Crippen molar-refractivity contribution in [2.24, 2.45) is 0 Å². The molecule has 3 rings (SSSR count). The normalized spacial score (nSPS) is 13.2. The van der Waals surface area contributed by atoms with Crippen molar-refractivity contribution in [1.82, 2.24) is 10.6 Å². The lowest BCUT2D eigenvalue weighted by Crippen LogP contribution is -2.37. The number of unbranched alkanes of at least 4 members (excludes halogenated alkanes) is 2. The van der Waals surface area contributed by atoms with E-state index in [9.17, 15) is 14.4 Å². The van der Waals surface area contributed by atoms with E-state index in [1.165, 1.54) is 0 Å². The summed E-state index contributed by atoms with van der Waals surface area (Å²) in [6.45, 7) is 6.08. The van der Waals surface area contributed by atoms with Crippen molar-refractivity contribution in [3.63, 3.8) is 0 Å². The second-order valence-corrected chi connectivity index (χ2v) is 8.79. The predicted octanol–water partition coefficient (Wildman–Crippen LogP) is 4.53. The molecule has 0 bridgehead atoms. The number of aryl methyl sites for hydroxylation is 1. The first-order valence-electron chi connectivity index (χ1n) is 10.9. The molecule has 1 aliphatic rings. The third-order valence-electron chi connectivity index (χ3n) is 4.93. The maximum absolute atomic E-state index is 12.3. The van der Waals surface area contributed by atoms with Crippen LogP contribution in [0.15, 0.2) is 42.5 Å². The Morgan fingerprint density at radius 2 is 1.75 bits per heavy atom. The van der Waals surface area contributed by atoms with Gasteiger partial charge in [-0.2, -0.15) is 0 Å². The van der Waals surface area contributed by atoms with Crippen molar-refractivity contribution in [3.05, 3.63) is 59.2 Å². The molecule has 0 aromatic heterocycles. The summed E-state index contributed by atoms with van der Waals surface area (Å²) in [5.74, 6) is 0.405. The number of fused-ring (bicyclic) bond motifs is 1. The maximum atomic E-state index is 12.3. The first kappa shape index (κ1) is 23.3. The van der Waals surface area contributed by atoms with E-state index in [4.69, 9.17) is 9.47 Å². The van der Waals surface area contributed by atoms with Gasteiger partial charge in [0.2, 0.25) is 5.91 Å². The van der Waals surface area contributed by atoms with E-state index in [1.807, 2.05) is 45.0 Å². The van der Waals surface area contributed by atoms with Gasteiger partial charge >= 0.3 is 6.09 Å². The molecule has 2 aromatic rings. The number of ether oxygens (including phenoxy) is 2. The minimum Gasteiger partial charge on any atom is -0.456 e. The first-order valence-corrected chi connectivity index (χ1v) is 10.9. The summed E-state index contributed by atoms with van der Waals surface area (Å²) in [5.41, 5.74) is 1.63. The lowest BCUT2D eigenvalue weighted by molar-refractivity contribution is -0.119. The summed E-state index contributed by atoms with van der Waals surface area (Å²) < 4.78 is 11.3. The van der Waals surface area contributed by atoms with Crippen LogP contribution >= 0.6 is 0 Å². The molecule has 170 valence electrons. The van der Waals surface area contributed by atoms with Crippen LogP contribution in [0.3, 0.4) is 0 Å². The Bertz CT molecular complexity index is 994. The Hall–Kier alpha value is -3.35. The van der Waals surface area contributed by atoms with Crippen molar-refractivity contribution in [2.45, 2.75) is 58.5 Å². The predicted molar refractivity (Wildman–Crippen MR) is 121 cm³/mol. The number of imide groups is 1. The number of hydrogen-bond donors (Lipinski definition) is 2. The second kappa shape index (κ2) is 10.3. The van der Waals surface area contributed by atoms with Gasteiger partial charge in [-0.1, -0.05) is 36.8 Å². The highest BCUT2D eigenvalue weighted by atomic mass is 16.6. The molecular weight excluding hydrogens is 408 g/mol. The zero-order chi connectivity index (χ0) is 23.1. The van der Waals surface area contributed by atoms with Crippen molar-refractivity contribution < 1.29 is 23.9 Å². The smallest absolute Gasteiger partial charge is 0.407 e. The highest BCUT2D eigenvalue weighted by molar-refractivity contribution is 6.11. The minimum atomic E-state index is -0.498.